The summed E-state index contributed by atoms with van der Waals surface area (Å²) in [6.07, 6.45) is -1.44. The lowest BCUT2D eigenvalue weighted by Crippen LogP contribution is -2.45. The number of carbonyl (C=O) groups excluding carboxylic acids is 3. The van der Waals surface area contributed by atoms with E-state index in [0.29, 0.717) is 5.56 Å². The predicted molar refractivity (Wildman–Crippen MR) is 149 cm³/mol. The van der Waals surface area contributed by atoms with Crippen LogP contribution in [-0.4, -0.2) is 29.9 Å². The first-order chi connectivity index (χ1) is 18.5. The molecule has 3 aromatic rings. The van der Waals surface area contributed by atoms with Gasteiger partial charge in [0.2, 0.25) is 0 Å². The second kappa shape index (κ2) is 13.8. The monoisotopic (exact) mass is 597 g/mol. The largest absolute Gasteiger partial charge is 0.514 e. The van der Waals surface area contributed by atoms with Gasteiger partial charge in [0.1, 0.15) is 30.6 Å². The Morgan fingerprint density at radius 1 is 0.846 bits per heavy atom. The molecule has 206 valence electrons. The number of ether oxygens (including phenoxy) is 4. The Balaban J connectivity index is 1.60. The smallest absolute Gasteiger partial charge is 0.459 e. The summed E-state index contributed by atoms with van der Waals surface area (Å²) in [6, 6.07) is 20.6. The molecule has 0 unspecified atom stereocenters. The van der Waals surface area contributed by atoms with Crippen LogP contribution < -0.4 is 10.1 Å². The number of rotatable bonds is 9. The Morgan fingerprint density at radius 2 is 1.49 bits per heavy atom. The number of hydrogen-bond donors (Lipinski definition) is 1. The maximum absolute atomic E-state index is 12.9. The first-order valence-electron chi connectivity index (χ1n) is 12.4. The molecule has 0 bridgehead atoms. The van der Waals surface area contributed by atoms with Crippen molar-refractivity contribution in [2.24, 2.45) is 0 Å². The first-order valence-corrected chi connectivity index (χ1v) is 13.2. The Labute approximate surface area is 236 Å². The molecule has 0 heterocycles. The van der Waals surface area contributed by atoms with Gasteiger partial charge in [-0.1, -0.05) is 76.1 Å². The van der Waals surface area contributed by atoms with Crippen molar-refractivity contribution < 1.29 is 33.3 Å². The van der Waals surface area contributed by atoms with Crippen molar-refractivity contribution in [3.63, 3.8) is 0 Å². The molecule has 0 aromatic heterocycles. The van der Waals surface area contributed by atoms with E-state index in [1.807, 2.05) is 55.5 Å². The number of carbonyl (C=O) groups is 3. The van der Waals surface area contributed by atoms with Gasteiger partial charge in [-0.2, -0.15) is 0 Å². The summed E-state index contributed by atoms with van der Waals surface area (Å²) in [7, 11) is 0. The van der Waals surface area contributed by atoms with Gasteiger partial charge < -0.3 is 24.3 Å². The third kappa shape index (κ3) is 10.4. The summed E-state index contributed by atoms with van der Waals surface area (Å²) in [5.41, 5.74) is 2.71. The van der Waals surface area contributed by atoms with Crippen LogP contribution in [0.5, 0.6) is 5.75 Å². The van der Waals surface area contributed by atoms with Gasteiger partial charge in [0, 0.05) is 16.5 Å². The van der Waals surface area contributed by atoms with Crippen LogP contribution in [0.3, 0.4) is 0 Å². The van der Waals surface area contributed by atoms with Crippen LogP contribution >= 0.6 is 15.9 Å². The van der Waals surface area contributed by atoms with E-state index in [1.165, 1.54) is 0 Å². The normalized spacial score (nSPS) is 11.7. The van der Waals surface area contributed by atoms with Crippen LogP contribution in [-0.2, 0) is 38.6 Å². The fourth-order valence-electron chi connectivity index (χ4n) is 3.39. The molecule has 0 saturated carbocycles. The summed E-state index contributed by atoms with van der Waals surface area (Å²) >= 11 is 3.40. The van der Waals surface area contributed by atoms with Gasteiger partial charge in [0.25, 0.3) is 0 Å². The minimum atomic E-state index is -0.994. The minimum absolute atomic E-state index is 0.0566. The zero-order valence-corrected chi connectivity index (χ0v) is 23.9. The van der Waals surface area contributed by atoms with E-state index < -0.39 is 29.9 Å². The van der Waals surface area contributed by atoms with E-state index in [-0.39, 0.29) is 25.4 Å². The molecular weight excluding hydrogens is 566 g/mol. The molecule has 9 heteroatoms. The Hall–Kier alpha value is -3.85. The Morgan fingerprint density at radius 3 is 2.13 bits per heavy atom. The third-order valence-electron chi connectivity index (χ3n) is 5.34. The van der Waals surface area contributed by atoms with Crippen molar-refractivity contribution in [2.45, 2.75) is 59.0 Å². The highest BCUT2D eigenvalue weighted by Crippen LogP contribution is 2.19. The predicted octanol–water partition coefficient (Wildman–Crippen LogP) is 6.65. The van der Waals surface area contributed by atoms with Gasteiger partial charge in [-0.25, -0.2) is 14.4 Å². The van der Waals surface area contributed by atoms with Crippen molar-refractivity contribution in [2.75, 3.05) is 0 Å². The highest BCUT2D eigenvalue weighted by atomic mass is 79.9. The fourth-order valence-corrected chi connectivity index (χ4v) is 3.79. The van der Waals surface area contributed by atoms with Crippen molar-refractivity contribution in [1.29, 1.82) is 0 Å². The molecule has 0 radical (unpaired) electrons. The van der Waals surface area contributed by atoms with Crippen LogP contribution in [0.4, 0.5) is 9.59 Å². The molecule has 0 aliphatic rings. The number of nitrogens with one attached hydrogen (secondary N) is 1. The molecule has 0 spiro atoms. The molecular formula is C30H32BrNO7. The standard InChI is InChI=1S/C30H32BrNO7/c1-20-9-11-22(12-10-20)18-36-27(33)26(32-28(34)39-30(2,3)4)17-21-13-15-24(16-14-21)38-29(35)37-19-23-7-5-6-8-25(23)31/h5-16,26H,17-19H2,1-4H3,(H,32,34)/t26-/m1/s1. The SMILES string of the molecule is Cc1ccc(COC(=O)[C@@H](Cc2ccc(OC(=O)OCc3ccccc3Br)cc2)NC(=O)OC(C)(C)C)cc1. The Kier molecular flexibility index (Phi) is 10.5. The molecule has 0 aliphatic carbocycles. The topological polar surface area (TPSA) is 100 Å². The number of hydrogen-bond acceptors (Lipinski definition) is 7. The molecule has 0 aliphatic heterocycles. The maximum atomic E-state index is 12.9. The van der Waals surface area contributed by atoms with Gasteiger partial charge >= 0.3 is 18.2 Å². The molecule has 3 rings (SSSR count). The quantitative estimate of drug-likeness (QED) is 0.167. The fraction of sp³-hybridized carbons (Fsp3) is 0.300. The van der Waals surface area contributed by atoms with Gasteiger partial charge in [-0.05, 0) is 57.0 Å². The summed E-state index contributed by atoms with van der Waals surface area (Å²) in [6.45, 7) is 7.31. The van der Waals surface area contributed by atoms with Crippen LogP contribution in [0.2, 0.25) is 0 Å². The van der Waals surface area contributed by atoms with Crippen LogP contribution in [0.25, 0.3) is 0 Å². The van der Waals surface area contributed by atoms with Gasteiger partial charge in [0.15, 0.2) is 0 Å². The van der Waals surface area contributed by atoms with E-state index in [4.69, 9.17) is 18.9 Å². The molecule has 8 nitrogen and oxygen atoms in total. The zero-order chi connectivity index (χ0) is 28.4. The van der Waals surface area contributed by atoms with E-state index in [9.17, 15) is 14.4 Å². The van der Waals surface area contributed by atoms with Crippen LogP contribution in [0, 0.1) is 6.92 Å². The van der Waals surface area contributed by atoms with E-state index >= 15 is 0 Å². The van der Waals surface area contributed by atoms with Gasteiger partial charge in [-0.3, -0.25) is 0 Å². The molecule has 0 saturated heterocycles. The van der Waals surface area contributed by atoms with Crippen LogP contribution in [0.1, 0.15) is 43.0 Å². The van der Waals surface area contributed by atoms with Gasteiger partial charge in [0.05, 0.1) is 0 Å². The minimum Gasteiger partial charge on any atom is -0.459 e. The highest BCUT2D eigenvalue weighted by molar-refractivity contribution is 9.10. The lowest BCUT2D eigenvalue weighted by molar-refractivity contribution is -0.147. The number of aryl methyl sites for hydroxylation is 1. The Bertz CT molecular complexity index is 1270. The third-order valence-corrected chi connectivity index (χ3v) is 6.12. The maximum Gasteiger partial charge on any atom is 0.514 e. The molecule has 39 heavy (non-hydrogen) atoms. The summed E-state index contributed by atoms with van der Waals surface area (Å²) in [4.78, 5) is 37.5. The average Bonchev–Trinajstić information content (AvgIpc) is 2.87. The van der Waals surface area contributed by atoms with Crippen molar-refractivity contribution in [1.82, 2.24) is 5.32 Å². The van der Waals surface area contributed by atoms with Crippen LogP contribution in [0.15, 0.2) is 77.3 Å². The number of amides is 1. The molecule has 0 fully saturated rings. The number of benzene rings is 3. The lowest BCUT2D eigenvalue weighted by Gasteiger charge is -2.23. The molecule has 1 N–H and O–H groups in total. The summed E-state index contributed by atoms with van der Waals surface area (Å²) in [5.74, 6) is -0.327. The number of halogens is 1. The van der Waals surface area contributed by atoms with Crippen molar-refractivity contribution in [3.8, 4) is 5.75 Å². The number of esters is 1. The van der Waals surface area contributed by atoms with E-state index in [0.717, 1.165) is 21.2 Å². The lowest BCUT2D eigenvalue weighted by atomic mass is 10.1. The molecule has 1 amide bonds. The summed E-state index contributed by atoms with van der Waals surface area (Å²) in [5, 5.41) is 2.61. The first kappa shape index (κ1) is 29.7. The van der Waals surface area contributed by atoms with Crippen molar-refractivity contribution in [3.05, 3.63) is 99.5 Å². The molecule has 1 atom stereocenters. The second-order valence-corrected chi connectivity index (χ2v) is 10.7. The van der Waals surface area contributed by atoms with E-state index in [2.05, 4.69) is 21.2 Å². The second-order valence-electron chi connectivity index (χ2n) is 9.87. The number of alkyl carbamates (subject to hydrolysis) is 1. The highest BCUT2D eigenvalue weighted by Gasteiger charge is 2.26. The van der Waals surface area contributed by atoms with Crippen molar-refractivity contribution >= 4 is 34.1 Å². The van der Waals surface area contributed by atoms with E-state index in [1.54, 1.807) is 45.0 Å². The summed E-state index contributed by atoms with van der Waals surface area (Å²) < 4.78 is 22.1. The van der Waals surface area contributed by atoms with Gasteiger partial charge in [-0.15, -0.1) is 0 Å². The zero-order valence-electron chi connectivity index (χ0n) is 22.4. The molecule has 3 aromatic carbocycles. The average molecular weight is 598 g/mol.